The van der Waals surface area contributed by atoms with E-state index in [1.165, 1.54) is 0 Å². The van der Waals surface area contributed by atoms with Crippen LogP contribution in [0.3, 0.4) is 0 Å². The fourth-order valence-electron chi connectivity index (χ4n) is 2.14. The minimum atomic E-state index is -2.90. The molecular weight excluding hydrogens is 236 g/mol. The quantitative estimate of drug-likeness (QED) is 0.751. The Balaban J connectivity index is 2.26. The van der Waals surface area contributed by atoms with Gasteiger partial charge in [0.05, 0.1) is 23.1 Å². The Kier molecular flexibility index (Phi) is 3.07. The second-order valence-electron chi connectivity index (χ2n) is 4.32. The molecule has 90 valence electrons. The van der Waals surface area contributed by atoms with Crippen LogP contribution in [0.2, 0.25) is 0 Å². The summed E-state index contributed by atoms with van der Waals surface area (Å²) in [4.78, 5) is 2.04. The molecule has 0 N–H and O–H groups in total. The minimum absolute atomic E-state index is 0.0392. The molecule has 1 fully saturated rings. The van der Waals surface area contributed by atoms with Crippen LogP contribution in [0.25, 0.3) is 0 Å². The number of nitriles is 1. The third-order valence-corrected chi connectivity index (χ3v) is 4.77. The highest BCUT2D eigenvalue weighted by Gasteiger charge is 2.28. The van der Waals surface area contributed by atoms with Crippen molar-refractivity contribution in [3.05, 3.63) is 29.8 Å². The number of sulfone groups is 1. The Bertz CT molecular complexity index is 560. The Morgan fingerprint density at radius 1 is 1.47 bits per heavy atom. The van der Waals surface area contributed by atoms with Gasteiger partial charge in [-0.05, 0) is 25.1 Å². The average molecular weight is 250 g/mol. The molecule has 0 saturated carbocycles. The molecule has 17 heavy (non-hydrogen) atoms. The van der Waals surface area contributed by atoms with Gasteiger partial charge in [-0.25, -0.2) is 8.42 Å². The molecule has 1 unspecified atom stereocenters. The maximum atomic E-state index is 11.5. The predicted molar refractivity (Wildman–Crippen MR) is 66.6 cm³/mol. The first-order chi connectivity index (χ1) is 8.02. The molecule has 0 amide bonds. The third kappa shape index (κ3) is 2.59. The molecule has 1 atom stereocenters. The fraction of sp³-hybridized carbons (Fsp3) is 0.417. The van der Waals surface area contributed by atoms with Gasteiger partial charge in [0.2, 0.25) is 0 Å². The minimum Gasteiger partial charge on any atom is -0.367 e. The third-order valence-electron chi connectivity index (χ3n) is 2.98. The molecule has 1 aromatic carbocycles. The van der Waals surface area contributed by atoms with Crippen molar-refractivity contribution in [2.24, 2.45) is 0 Å². The van der Waals surface area contributed by atoms with Crippen LogP contribution in [-0.2, 0) is 9.84 Å². The lowest BCUT2D eigenvalue weighted by Crippen LogP contribution is -2.47. The van der Waals surface area contributed by atoms with E-state index in [1.807, 2.05) is 24.0 Å². The maximum absolute atomic E-state index is 11.5. The molecule has 0 spiro atoms. The maximum Gasteiger partial charge on any atom is 0.154 e. The van der Waals surface area contributed by atoms with Gasteiger partial charge in [-0.2, -0.15) is 5.26 Å². The summed E-state index contributed by atoms with van der Waals surface area (Å²) < 4.78 is 23.0. The molecular formula is C12H14N2O2S. The monoisotopic (exact) mass is 250 g/mol. The van der Waals surface area contributed by atoms with Gasteiger partial charge in [-0.3, -0.25) is 0 Å². The van der Waals surface area contributed by atoms with Crippen LogP contribution < -0.4 is 4.90 Å². The van der Waals surface area contributed by atoms with E-state index in [9.17, 15) is 8.42 Å². The topological polar surface area (TPSA) is 61.2 Å². The van der Waals surface area contributed by atoms with Gasteiger partial charge in [0.25, 0.3) is 0 Å². The fourth-order valence-corrected chi connectivity index (χ4v) is 3.69. The average Bonchev–Trinajstić information content (AvgIpc) is 2.28. The summed E-state index contributed by atoms with van der Waals surface area (Å²) in [6.45, 7) is 2.40. The summed E-state index contributed by atoms with van der Waals surface area (Å²) in [5.41, 5.74) is 1.52. The Labute approximate surface area is 101 Å². The number of nitrogens with zero attached hydrogens (tertiary/aromatic N) is 2. The van der Waals surface area contributed by atoms with Crippen LogP contribution in [0, 0.1) is 11.3 Å². The second kappa shape index (κ2) is 4.38. The van der Waals surface area contributed by atoms with Gasteiger partial charge in [0, 0.05) is 18.3 Å². The standard InChI is InChI=1S/C12H14N2O2S/c1-10-9-17(15,16)6-5-14(10)12-4-2-3-11(7-12)8-13/h2-4,7,10H,5-6,9H2,1H3. The summed E-state index contributed by atoms with van der Waals surface area (Å²) in [6.07, 6.45) is 0. The van der Waals surface area contributed by atoms with Crippen LogP contribution in [0.1, 0.15) is 12.5 Å². The molecule has 0 aliphatic carbocycles. The zero-order valence-electron chi connectivity index (χ0n) is 9.63. The van der Waals surface area contributed by atoms with E-state index in [0.29, 0.717) is 12.1 Å². The van der Waals surface area contributed by atoms with Crippen LogP contribution in [0.5, 0.6) is 0 Å². The molecule has 2 rings (SSSR count). The van der Waals surface area contributed by atoms with Crippen LogP contribution in [0.15, 0.2) is 24.3 Å². The Hall–Kier alpha value is -1.54. The predicted octanol–water partition coefficient (Wildman–Crippen LogP) is 1.18. The number of rotatable bonds is 1. The van der Waals surface area contributed by atoms with Gasteiger partial charge in [0.1, 0.15) is 0 Å². The van der Waals surface area contributed by atoms with Gasteiger partial charge < -0.3 is 4.90 Å². The van der Waals surface area contributed by atoms with Crippen LogP contribution >= 0.6 is 0 Å². The van der Waals surface area contributed by atoms with E-state index in [0.717, 1.165) is 5.69 Å². The summed E-state index contributed by atoms with van der Waals surface area (Å²) in [5, 5.41) is 8.84. The first-order valence-electron chi connectivity index (χ1n) is 5.49. The molecule has 1 aliphatic heterocycles. The molecule has 5 heteroatoms. The van der Waals surface area contributed by atoms with Crippen LogP contribution in [0.4, 0.5) is 5.69 Å². The largest absolute Gasteiger partial charge is 0.367 e. The van der Waals surface area contributed by atoms with E-state index in [4.69, 9.17) is 5.26 Å². The number of benzene rings is 1. The van der Waals surface area contributed by atoms with Crippen molar-refractivity contribution in [2.75, 3.05) is 23.0 Å². The zero-order valence-corrected chi connectivity index (χ0v) is 10.4. The molecule has 1 heterocycles. The second-order valence-corrected chi connectivity index (χ2v) is 6.55. The summed E-state index contributed by atoms with van der Waals surface area (Å²) in [6, 6.07) is 9.33. The van der Waals surface area contributed by atoms with E-state index in [1.54, 1.807) is 12.1 Å². The highest BCUT2D eigenvalue weighted by atomic mass is 32.2. The molecule has 1 saturated heterocycles. The summed E-state index contributed by atoms with van der Waals surface area (Å²) in [5.74, 6) is 0.373. The van der Waals surface area contributed by atoms with Crippen molar-refractivity contribution in [1.29, 1.82) is 5.26 Å². The zero-order chi connectivity index (χ0) is 12.5. The highest BCUT2D eigenvalue weighted by Crippen LogP contribution is 2.22. The molecule has 1 aliphatic rings. The summed E-state index contributed by atoms with van der Waals surface area (Å²) in [7, 11) is -2.90. The molecule has 0 bridgehead atoms. The smallest absolute Gasteiger partial charge is 0.154 e. The lowest BCUT2D eigenvalue weighted by molar-refractivity contribution is 0.568. The SMILES string of the molecule is CC1CS(=O)(=O)CCN1c1cccc(C#N)c1. The van der Waals surface area contributed by atoms with E-state index in [2.05, 4.69) is 6.07 Å². The molecule has 0 aromatic heterocycles. The lowest BCUT2D eigenvalue weighted by Gasteiger charge is -2.35. The van der Waals surface area contributed by atoms with Crippen molar-refractivity contribution in [1.82, 2.24) is 0 Å². The van der Waals surface area contributed by atoms with Crippen molar-refractivity contribution in [2.45, 2.75) is 13.0 Å². The first-order valence-corrected chi connectivity index (χ1v) is 7.31. The lowest BCUT2D eigenvalue weighted by atomic mass is 10.2. The van der Waals surface area contributed by atoms with Gasteiger partial charge >= 0.3 is 0 Å². The normalized spacial score (nSPS) is 23.1. The van der Waals surface area contributed by atoms with Crippen LogP contribution in [-0.4, -0.2) is 32.5 Å². The highest BCUT2D eigenvalue weighted by molar-refractivity contribution is 7.91. The first kappa shape index (κ1) is 11.9. The number of hydrogen-bond acceptors (Lipinski definition) is 4. The van der Waals surface area contributed by atoms with Crippen molar-refractivity contribution < 1.29 is 8.42 Å². The van der Waals surface area contributed by atoms with E-state index in [-0.39, 0.29) is 17.5 Å². The van der Waals surface area contributed by atoms with Crippen molar-refractivity contribution >= 4 is 15.5 Å². The number of hydrogen-bond donors (Lipinski definition) is 0. The molecule has 4 nitrogen and oxygen atoms in total. The van der Waals surface area contributed by atoms with Gasteiger partial charge in [-0.15, -0.1) is 0 Å². The van der Waals surface area contributed by atoms with E-state index < -0.39 is 9.84 Å². The molecule has 0 radical (unpaired) electrons. The number of anilines is 1. The van der Waals surface area contributed by atoms with Gasteiger partial charge in [0.15, 0.2) is 9.84 Å². The Morgan fingerprint density at radius 2 is 2.24 bits per heavy atom. The van der Waals surface area contributed by atoms with Crippen molar-refractivity contribution in [3.63, 3.8) is 0 Å². The summed E-state index contributed by atoms with van der Waals surface area (Å²) >= 11 is 0. The van der Waals surface area contributed by atoms with Gasteiger partial charge in [-0.1, -0.05) is 6.07 Å². The van der Waals surface area contributed by atoms with E-state index >= 15 is 0 Å². The Morgan fingerprint density at radius 3 is 2.88 bits per heavy atom. The molecule has 1 aromatic rings. The van der Waals surface area contributed by atoms with Crippen molar-refractivity contribution in [3.8, 4) is 6.07 Å².